The third kappa shape index (κ3) is 7.46. The number of carbonyl (C=O) groups is 1. The molecule has 0 saturated heterocycles. The van der Waals surface area contributed by atoms with Crippen molar-refractivity contribution in [3.63, 3.8) is 0 Å². The van der Waals surface area contributed by atoms with Gasteiger partial charge in [-0.2, -0.15) is 5.10 Å². The summed E-state index contributed by atoms with van der Waals surface area (Å²) < 4.78 is 6.92. The quantitative estimate of drug-likeness (QED) is 0.758. The first-order valence-corrected chi connectivity index (χ1v) is 6.52. The molecular formula is C13H24N4O2. The van der Waals surface area contributed by atoms with E-state index in [1.165, 1.54) is 5.56 Å². The topological polar surface area (TPSA) is 68.2 Å². The number of ether oxygens (including phenoxy) is 1. The molecule has 19 heavy (non-hydrogen) atoms. The number of nitrogens with zero attached hydrogens (tertiary/aromatic N) is 2. The van der Waals surface area contributed by atoms with Crippen LogP contribution in [0.5, 0.6) is 0 Å². The maximum absolute atomic E-state index is 11.3. The van der Waals surface area contributed by atoms with Crippen LogP contribution in [0.1, 0.15) is 26.3 Å². The van der Waals surface area contributed by atoms with Crippen LogP contribution in [0.3, 0.4) is 0 Å². The lowest BCUT2D eigenvalue weighted by molar-refractivity contribution is 0.0528. The van der Waals surface area contributed by atoms with E-state index in [0.717, 1.165) is 19.5 Å². The second-order valence-electron chi connectivity index (χ2n) is 5.45. The molecule has 1 aromatic heterocycles. The van der Waals surface area contributed by atoms with Gasteiger partial charge in [0.2, 0.25) is 0 Å². The van der Waals surface area contributed by atoms with Crippen molar-refractivity contribution < 1.29 is 9.53 Å². The number of hydrogen-bond donors (Lipinski definition) is 2. The number of rotatable bonds is 6. The fraction of sp³-hybridized carbons (Fsp3) is 0.692. The number of hydrogen-bond acceptors (Lipinski definition) is 4. The molecule has 0 aliphatic carbocycles. The number of amides is 1. The lowest BCUT2D eigenvalue weighted by Crippen LogP contribution is -2.36. The zero-order valence-corrected chi connectivity index (χ0v) is 12.2. The zero-order valence-electron chi connectivity index (χ0n) is 12.2. The van der Waals surface area contributed by atoms with Crippen LogP contribution >= 0.6 is 0 Å². The Kier molecular flexibility index (Phi) is 5.82. The average Bonchev–Trinajstić information content (AvgIpc) is 2.67. The Morgan fingerprint density at radius 1 is 1.37 bits per heavy atom. The van der Waals surface area contributed by atoms with E-state index in [1.54, 1.807) is 4.68 Å². The minimum Gasteiger partial charge on any atom is -0.444 e. The van der Waals surface area contributed by atoms with Gasteiger partial charge in [0.25, 0.3) is 0 Å². The van der Waals surface area contributed by atoms with Crippen molar-refractivity contribution in [1.29, 1.82) is 0 Å². The van der Waals surface area contributed by atoms with Crippen LogP contribution in [0.15, 0.2) is 12.4 Å². The van der Waals surface area contributed by atoms with E-state index < -0.39 is 5.60 Å². The fourth-order valence-electron chi connectivity index (χ4n) is 1.53. The first-order chi connectivity index (χ1) is 8.87. The minimum absolute atomic E-state index is 0.374. The number of aryl methyl sites for hydroxylation is 1. The van der Waals surface area contributed by atoms with Gasteiger partial charge in [-0.3, -0.25) is 4.68 Å². The molecule has 6 heteroatoms. The molecule has 0 unspecified atom stereocenters. The van der Waals surface area contributed by atoms with Crippen molar-refractivity contribution >= 4 is 6.09 Å². The highest BCUT2D eigenvalue weighted by molar-refractivity contribution is 5.67. The summed E-state index contributed by atoms with van der Waals surface area (Å²) in [7, 11) is 1.90. The highest BCUT2D eigenvalue weighted by atomic mass is 16.6. The molecule has 0 aliphatic rings. The largest absolute Gasteiger partial charge is 0.444 e. The highest BCUT2D eigenvalue weighted by Crippen LogP contribution is 2.05. The van der Waals surface area contributed by atoms with Gasteiger partial charge < -0.3 is 15.4 Å². The molecule has 0 radical (unpaired) electrons. The molecule has 0 aliphatic heterocycles. The first-order valence-electron chi connectivity index (χ1n) is 6.52. The summed E-state index contributed by atoms with van der Waals surface area (Å²) in [5, 5.41) is 10.1. The maximum atomic E-state index is 11.3. The van der Waals surface area contributed by atoms with Gasteiger partial charge in [-0.1, -0.05) is 0 Å². The molecule has 2 N–H and O–H groups in total. The summed E-state index contributed by atoms with van der Waals surface area (Å²) in [5.41, 5.74) is 0.757. The molecule has 108 valence electrons. The molecule has 0 aromatic carbocycles. The molecule has 0 bridgehead atoms. The van der Waals surface area contributed by atoms with Crippen molar-refractivity contribution in [2.75, 3.05) is 19.6 Å². The molecule has 1 amide bonds. The number of alkyl carbamates (subject to hydrolysis) is 1. The Bertz CT molecular complexity index is 396. The van der Waals surface area contributed by atoms with Gasteiger partial charge in [-0.15, -0.1) is 0 Å². The Morgan fingerprint density at radius 2 is 2.11 bits per heavy atom. The summed E-state index contributed by atoms with van der Waals surface area (Å²) in [5.74, 6) is 0. The molecule has 1 heterocycles. The van der Waals surface area contributed by atoms with Gasteiger partial charge in [-0.05, 0) is 39.3 Å². The fourth-order valence-corrected chi connectivity index (χ4v) is 1.53. The van der Waals surface area contributed by atoms with Crippen LogP contribution in [-0.2, 0) is 18.2 Å². The van der Waals surface area contributed by atoms with Crippen LogP contribution in [-0.4, -0.2) is 41.1 Å². The van der Waals surface area contributed by atoms with E-state index in [1.807, 2.05) is 40.2 Å². The summed E-state index contributed by atoms with van der Waals surface area (Å²) in [6.07, 6.45) is 4.42. The SMILES string of the molecule is Cn1cc(CCNCCNC(=O)OC(C)(C)C)cn1. The van der Waals surface area contributed by atoms with Crippen LogP contribution < -0.4 is 10.6 Å². The molecule has 1 aromatic rings. The number of aromatic nitrogens is 2. The van der Waals surface area contributed by atoms with Crippen molar-refractivity contribution in [2.24, 2.45) is 7.05 Å². The molecule has 0 atom stereocenters. The third-order valence-electron chi connectivity index (χ3n) is 2.32. The molecule has 0 saturated carbocycles. The molecular weight excluding hydrogens is 244 g/mol. The predicted octanol–water partition coefficient (Wildman–Crippen LogP) is 1.08. The van der Waals surface area contributed by atoms with Gasteiger partial charge in [0, 0.05) is 26.3 Å². The summed E-state index contributed by atoms with van der Waals surface area (Å²) in [4.78, 5) is 11.3. The lowest BCUT2D eigenvalue weighted by Gasteiger charge is -2.19. The van der Waals surface area contributed by atoms with Crippen LogP contribution in [0.4, 0.5) is 4.79 Å². The zero-order chi connectivity index (χ0) is 14.3. The van der Waals surface area contributed by atoms with Gasteiger partial charge in [-0.25, -0.2) is 4.79 Å². The van der Waals surface area contributed by atoms with Gasteiger partial charge in [0.1, 0.15) is 5.60 Å². The summed E-state index contributed by atoms with van der Waals surface area (Å²) in [6.45, 7) is 7.68. The van der Waals surface area contributed by atoms with Crippen LogP contribution in [0, 0.1) is 0 Å². The van der Waals surface area contributed by atoms with Gasteiger partial charge in [0.05, 0.1) is 6.20 Å². The maximum Gasteiger partial charge on any atom is 0.407 e. The molecule has 0 spiro atoms. The first kappa shape index (κ1) is 15.5. The van der Waals surface area contributed by atoms with Gasteiger partial charge >= 0.3 is 6.09 Å². The molecule has 1 rings (SSSR count). The van der Waals surface area contributed by atoms with E-state index in [-0.39, 0.29) is 6.09 Å². The van der Waals surface area contributed by atoms with Gasteiger partial charge in [0.15, 0.2) is 0 Å². The predicted molar refractivity (Wildman–Crippen MR) is 74.0 cm³/mol. The summed E-state index contributed by atoms with van der Waals surface area (Å²) >= 11 is 0. The second kappa shape index (κ2) is 7.13. The van der Waals surface area contributed by atoms with E-state index in [9.17, 15) is 4.79 Å². The normalized spacial score (nSPS) is 11.4. The second-order valence-corrected chi connectivity index (χ2v) is 5.45. The lowest BCUT2D eigenvalue weighted by atomic mass is 10.2. The van der Waals surface area contributed by atoms with Crippen LogP contribution in [0.2, 0.25) is 0 Å². The summed E-state index contributed by atoms with van der Waals surface area (Å²) in [6, 6.07) is 0. The van der Waals surface area contributed by atoms with Crippen molar-refractivity contribution in [2.45, 2.75) is 32.8 Å². The van der Waals surface area contributed by atoms with Crippen molar-refractivity contribution in [1.82, 2.24) is 20.4 Å². The van der Waals surface area contributed by atoms with Crippen LogP contribution in [0.25, 0.3) is 0 Å². The molecule has 0 fully saturated rings. The monoisotopic (exact) mass is 268 g/mol. The third-order valence-corrected chi connectivity index (χ3v) is 2.32. The van der Waals surface area contributed by atoms with E-state index in [2.05, 4.69) is 15.7 Å². The standard InChI is InChI=1S/C13H24N4O2/c1-13(2,3)19-12(18)15-8-7-14-6-5-11-9-16-17(4)10-11/h9-10,14H,5-8H2,1-4H3,(H,15,18). The Balaban J connectivity index is 2.01. The Labute approximate surface area is 114 Å². The van der Waals surface area contributed by atoms with Crippen molar-refractivity contribution in [3.8, 4) is 0 Å². The minimum atomic E-state index is -0.447. The van der Waals surface area contributed by atoms with E-state index >= 15 is 0 Å². The van der Waals surface area contributed by atoms with E-state index in [0.29, 0.717) is 6.54 Å². The van der Waals surface area contributed by atoms with Crippen molar-refractivity contribution in [3.05, 3.63) is 18.0 Å². The number of nitrogens with one attached hydrogen (secondary N) is 2. The smallest absolute Gasteiger partial charge is 0.407 e. The Hall–Kier alpha value is -1.56. The highest BCUT2D eigenvalue weighted by Gasteiger charge is 2.15. The molecule has 6 nitrogen and oxygen atoms in total. The Morgan fingerprint density at radius 3 is 2.68 bits per heavy atom. The average molecular weight is 268 g/mol. The van der Waals surface area contributed by atoms with E-state index in [4.69, 9.17) is 4.74 Å². The number of carbonyl (C=O) groups excluding carboxylic acids is 1.